The molecule has 0 N–H and O–H groups in total. The van der Waals surface area contributed by atoms with Crippen molar-refractivity contribution < 1.29 is 30.5 Å². The van der Waals surface area contributed by atoms with E-state index in [0.717, 1.165) is 6.07 Å². The van der Waals surface area contributed by atoms with E-state index < -0.39 is 11.6 Å². The van der Waals surface area contributed by atoms with Gasteiger partial charge in [0.25, 0.3) is 0 Å². The average Bonchev–Trinajstić information content (AvgIpc) is 2.27. The SMILES string of the molecule is Fc1cc(F)cc(COc2[c-]cc(Cl)cc2)c1.[Br-].[Mg+2]. The fraction of sp³-hybridized carbons (Fsp3) is 0.0769. The van der Waals surface area contributed by atoms with E-state index in [1.54, 1.807) is 18.2 Å². The number of benzene rings is 2. The predicted octanol–water partition coefficient (Wildman–Crippen LogP) is 0.621. The van der Waals surface area contributed by atoms with Crippen LogP contribution in [0.25, 0.3) is 0 Å². The zero-order chi connectivity index (χ0) is 12.3. The molecular weight excluding hydrogens is 350 g/mol. The van der Waals surface area contributed by atoms with Gasteiger partial charge in [0.1, 0.15) is 18.2 Å². The third kappa shape index (κ3) is 6.08. The first-order chi connectivity index (χ1) is 8.13. The second kappa shape index (κ2) is 8.74. The monoisotopic (exact) mass is 356 g/mol. The molecule has 6 heteroatoms. The molecular formula is C13H8BrClF2MgO. The molecule has 0 aliphatic rings. The minimum Gasteiger partial charge on any atom is -1.00 e. The van der Waals surface area contributed by atoms with Crippen LogP contribution in [-0.4, -0.2) is 23.1 Å². The fourth-order valence-corrected chi connectivity index (χ4v) is 1.45. The molecule has 0 unspecified atom stereocenters. The standard InChI is InChI=1S/C13H8ClF2O.BrH.Mg/c14-10-1-3-13(4-2-10)17-8-9-5-11(15)7-12(16)6-9;;/h1-3,5-7H,8H2;1H;/q-1;;+2/p-1. The van der Waals surface area contributed by atoms with Crippen molar-refractivity contribution >= 4 is 34.7 Å². The van der Waals surface area contributed by atoms with Crippen LogP contribution < -0.4 is 21.7 Å². The summed E-state index contributed by atoms with van der Waals surface area (Å²) in [5.74, 6) is -0.772. The van der Waals surface area contributed by atoms with Crippen molar-refractivity contribution in [2.45, 2.75) is 6.61 Å². The van der Waals surface area contributed by atoms with Gasteiger partial charge in [-0.05, 0) is 17.7 Å². The Kier molecular flexibility index (Phi) is 8.57. The van der Waals surface area contributed by atoms with Gasteiger partial charge in [-0.2, -0.15) is 23.7 Å². The number of hydrogen-bond donors (Lipinski definition) is 0. The molecule has 0 radical (unpaired) electrons. The van der Waals surface area contributed by atoms with Crippen molar-refractivity contribution in [2.75, 3.05) is 0 Å². The van der Waals surface area contributed by atoms with Crippen LogP contribution in [0.3, 0.4) is 0 Å². The number of rotatable bonds is 3. The molecule has 0 fully saturated rings. The molecule has 0 aromatic heterocycles. The first-order valence-corrected chi connectivity index (χ1v) is 5.26. The van der Waals surface area contributed by atoms with E-state index in [2.05, 4.69) is 6.07 Å². The van der Waals surface area contributed by atoms with Gasteiger partial charge in [0.05, 0.1) is 0 Å². The fourth-order valence-electron chi connectivity index (χ4n) is 1.34. The number of ether oxygens (including phenoxy) is 1. The van der Waals surface area contributed by atoms with E-state index in [0.29, 0.717) is 16.3 Å². The molecule has 0 saturated heterocycles. The number of hydrogen-bond acceptors (Lipinski definition) is 1. The summed E-state index contributed by atoms with van der Waals surface area (Å²) in [7, 11) is 0. The summed E-state index contributed by atoms with van der Waals surface area (Å²) in [5, 5.41) is 0.550. The van der Waals surface area contributed by atoms with Crippen molar-refractivity contribution in [1.29, 1.82) is 0 Å². The largest absolute Gasteiger partial charge is 2.00 e. The van der Waals surface area contributed by atoms with Crippen molar-refractivity contribution in [3.63, 3.8) is 0 Å². The maximum absolute atomic E-state index is 12.9. The topological polar surface area (TPSA) is 9.23 Å². The van der Waals surface area contributed by atoms with Crippen LogP contribution in [0, 0.1) is 17.7 Å². The van der Waals surface area contributed by atoms with Crippen LogP contribution in [0.1, 0.15) is 5.56 Å². The van der Waals surface area contributed by atoms with Crippen LogP contribution >= 0.6 is 11.6 Å². The van der Waals surface area contributed by atoms with Crippen LogP contribution in [0.2, 0.25) is 5.02 Å². The van der Waals surface area contributed by atoms with Gasteiger partial charge in [0.15, 0.2) is 0 Å². The first kappa shape index (κ1) is 18.6. The maximum Gasteiger partial charge on any atom is 2.00 e. The van der Waals surface area contributed by atoms with Crippen molar-refractivity contribution in [2.24, 2.45) is 0 Å². The molecule has 2 aromatic rings. The molecule has 0 saturated carbocycles. The van der Waals surface area contributed by atoms with E-state index >= 15 is 0 Å². The van der Waals surface area contributed by atoms with Gasteiger partial charge in [-0.15, -0.1) is 12.1 Å². The minimum absolute atomic E-state index is 0. The van der Waals surface area contributed by atoms with E-state index in [4.69, 9.17) is 16.3 Å². The molecule has 2 rings (SSSR count). The third-order valence-electron chi connectivity index (χ3n) is 2.06. The molecule has 96 valence electrons. The van der Waals surface area contributed by atoms with Crippen LogP contribution in [-0.2, 0) is 6.61 Å². The van der Waals surface area contributed by atoms with E-state index in [1.165, 1.54) is 12.1 Å². The Labute approximate surface area is 141 Å². The molecule has 0 atom stereocenters. The van der Waals surface area contributed by atoms with E-state index in [-0.39, 0.29) is 46.6 Å². The van der Waals surface area contributed by atoms with Crippen molar-refractivity contribution in [3.8, 4) is 5.75 Å². The van der Waals surface area contributed by atoms with Gasteiger partial charge < -0.3 is 21.7 Å². The average molecular weight is 358 g/mol. The molecule has 0 aliphatic carbocycles. The maximum atomic E-state index is 12.9. The summed E-state index contributed by atoms with van der Waals surface area (Å²) >= 11 is 5.68. The summed E-state index contributed by atoms with van der Waals surface area (Å²) < 4.78 is 31.1. The Hall–Kier alpha value is -0.364. The molecule has 0 amide bonds. The van der Waals surface area contributed by atoms with Crippen LogP contribution in [0.4, 0.5) is 8.78 Å². The quantitative estimate of drug-likeness (QED) is 0.578. The Morgan fingerprint density at radius 3 is 2.26 bits per heavy atom. The van der Waals surface area contributed by atoms with E-state index in [9.17, 15) is 8.78 Å². The summed E-state index contributed by atoms with van der Waals surface area (Å²) in [6.45, 7) is 0.0762. The zero-order valence-corrected chi connectivity index (χ0v) is 13.6. The van der Waals surface area contributed by atoms with Crippen LogP contribution in [0.15, 0.2) is 36.4 Å². The summed E-state index contributed by atoms with van der Waals surface area (Å²) in [6.07, 6.45) is 0. The Morgan fingerprint density at radius 1 is 1.11 bits per heavy atom. The van der Waals surface area contributed by atoms with Gasteiger partial charge in [0, 0.05) is 11.8 Å². The minimum atomic E-state index is -0.622. The molecule has 0 spiro atoms. The molecule has 0 bridgehead atoms. The summed E-state index contributed by atoms with van der Waals surface area (Å²) in [4.78, 5) is 0. The van der Waals surface area contributed by atoms with Crippen molar-refractivity contribution in [3.05, 3.63) is 64.7 Å². The molecule has 0 heterocycles. The Bertz CT molecular complexity index is 502. The summed E-state index contributed by atoms with van der Waals surface area (Å²) in [6, 6.07) is 10.9. The predicted molar refractivity (Wildman–Crippen MR) is 66.7 cm³/mol. The number of halogens is 4. The summed E-state index contributed by atoms with van der Waals surface area (Å²) in [5.41, 5.74) is 0.422. The Balaban J connectivity index is 0.00000162. The van der Waals surface area contributed by atoms with Gasteiger partial charge in [0.2, 0.25) is 0 Å². The van der Waals surface area contributed by atoms with E-state index in [1.807, 2.05) is 0 Å². The normalized spacial score (nSPS) is 9.21. The van der Waals surface area contributed by atoms with Gasteiger partial charge in [-0.25, -0.2) is 8.78 Å². The van der Waals surface area contributed by atoms with Gasteiger partial charge in [-0.3, -0.25) is 0 Å². The molecule has 19 heavy (non-hydrogen) atoms. The Morgan fingerprint density at radius 2 is 1.74 bits per heavy atom. The smallest absolute Gasteiger partial charge is 1.00 e. The molecule has 1 nitrogen and oxygen atoms in total. The third-order valence-corrected chi connectivity index (χ3v) is 2.30. The van der Waals surface area contributed by atoms with Crippen LogP contribution in [0.5, 0.6) is 5.75 Å². The second-order valence-electron chi connectivity index (χ2n) is 3.44. The molecule has 2 aromatic carbocycles. The second-order valence-corrected chi connectivity index (χ2v) is 3.87. The van der Waals surface area contributed by atoms with Gasteiger partial charge in [-0.1, -0.05) is 5.02 Å². The molecule has 0 aliphatic heterocycles. The van der Waals surface area contributed by atoms with Crippen molar-refractivity contribution in [1.82, 2.24) is 0 Å². The van der Waals surface area contributed by atoms with Gasteiger partial charge >= 0.3 is 23.1 Å². The first-order valence-electron chi connectivity index (χ1n) is 4.88. The zero-order valence-electron chi connectivity index (χ0n) is 9.80.